The molecule has 0 aromatic heterocycles. The highest BCUT2D eigenvalue weighted by atomic mass is 16.5. The number of ether oxygens (including phenoxy) is 1. The van der Waals surface area contributed by atoms with E-state index >= 15 is 0 Å². The van der Waals surface area contributed by atoms with Crippen molar-refractivity contribution in [2.75, 3.05) is 24.6 Å². The summed E-state index contributed by atoms with van der Waals surface area (Å²) in [5, 5.41) is 7.64. The second-order valence-electron chi connectivity index (χ2n) is 4.56. The number of rotatable bonds is 2. The maximum Gasteiger partial charge on any atom is 0.124 e. The lowest BCUT2D eigenvalue weighted by molar-refractivity contribution is 0.0532. The fraction of sp³-hybridized carbons (Fsp3) is 0.462. The first-order chi connectivity index (χ1) is 8.08. The van der Waals surface area contributed by atoms with Gasteiger partial charge in [-0.05, 0) is 31.5 Å². The third kappa shape index (κ3) is 2.58. The number of amidine groups is 1. The Morgan fingerprint density at radius 3 is 2.94 bits per heavy atom. The zero-order chi connectivity index (χ0) is 12.4. The predicted molar refractivity (Wildman–Crippen MR) is 69.8 cm³/mol. The fourth-order valence-corrected chi connectivity index (χ4v) is 2.17. The van der Waals surface area contributed by atoms with Gasteiger partial charge in [-0.3, -0.25) is 5.41 Å². The van der Waals surface area contributed by atoms with Crippen molar-refractivity contribution in [3.63, 3.8) is 0 Å². The Hall–Kier alpha value is -1.55. The molecule has 1 aliphatic heterocycles. The van der Waals surface area contributed by atoms with E-state index in [1.165, 1.54) is 5.56 Å². The zero-order valence-corrected chi connectivity index (χ0v) is 10.4. The van der Waals surface area contributed by atoms with Crippen LogP contribution in [0, 0.1) is 12.3 Å². The Bertz CT molecular complexity index is 431. The van der Waals surface area contributed by atoms with Crippen molar-refractivity contribution < 1.29 is 4.74 Å². The first-order valence-electron chi connectivity index (χ1n) is 5.89. The van der Waals surface area contributed by atoms with Crippen LogP contribution in [0.4, 0.5) is 5.69 Å². The van der Waals surface area contributed by atoms with Gasteiger partial charge in [0, 0.05) is 24.3 Å². The summed E-state index contributed by atoms with van der Waals surface area (Å²) in [5.74, 6) is 0.124. The molecular formula is C13H19N3O. The number of nitrogens with zero attached hydrogens (tertiary/aromatic N) is 1. The average molecular weight is 233 g/mol. The van der Waals surface area contributed by atoms with Crippen LogP contribution in [0.25, 0.3) is 0 Å². The molecule has 1 saturated heterocycles. The molecule has 92 valence electrons. The highest BCUT2D eigenvalue weighted by molar-refractivity contribution is 6.00. The van der Waals surface area contributed by atoms with Gasteiger partial charge in [-0.25, -0.2) is 0 Å². The minimum atomic E-state index is 0.124. The molecule has 1 aromatic carbocycles. The van der Waals surface area contributed by atoms with Crippen LogP contribution in [0.5, 0.6) is 0 Å². The summed E-state index contributed by atoms with van der Waals surface area (Å²) < 4.78 is 5.53. The van der Waals surface area contributed by atoms with Crippen molar-refractivity contribution in [1.29, 1.82) is 5.41 Å². The first kappa shape index (κ1) is 11.9. The molecule has 1 fully saturated rings. The van der Waals surface area contributed by atoms with Crippen molar-refractivity contribution >= 4 is 11.5 Å². The number of benzene rings is 1. The number of morpholine rings is 1. The molecule has 1 heterocycles. The maximum atomic E-state index is 7.64. The number of hydrogen-bond donors (Lipinski definition) is 2. The highest BCUT2D eigenvalue weighted by Gasteiger charge is 2.20. The van der Waals surface area contributed by atoms with Gasteiger partial charge in [-0.1, -0.05) is 6.07 Å². The molecule has 0 amide bonds. The minimum absolute atomic E-state index is 0.124. The van der Waals surface area contributed by atoms with Gasteiger partial charge < -0.3 is 15.4 Å². The van der Waals surface area contributed by atoms with Crippen LogP contribution in [0.1, 0.15) is 18.1 Å². The van der Waals surface area contributed by atoms with Crippen LogP contribution < -0.4 is 10.6 Å². The molecule has 17 heavy (non-hydrogen) atoms. The van der Waals surface area contributed by atoms with Crippen molar-refractivity contribution in [2.45, 2.75) is 20.0 Å². The van der Waals surface area contributed by atoms with E-state index < -0.39 is 0 Å². The predicted octanol–water partition coefficient (Wildman–Crippen LogP) is 1.50. The second-order valence-corrected chi connectivity index (χ2v) is 4.56. The third-order valence-electron chi connectivity index (χ3n) is 3.03. The Morgan fingerprint density at radius 2 is 2.29 bits per heavy atom. The Labute approximate surface area is 102 Å². The Morgan fingerprint density at radius 1 is 1.53 bits per heavy atom. The molecule has 0 saturated carbocycles. The summed E-state index contributed by atoms with van der Waals surface area (Å²) in [6.07, 6.45) is 0.226. The van der Waals surface area contributed by atoms with E-state index in [4.69, 9.17) is 15.9 Å². The maximum absolute atomic E-state index is 7.64. The van der Waals surface area contributed by atoms with E-state index in [0.717, 1.165) is 30.9 Å². The fourth-order valence-electron chi connectivity index (χ4n) is 2.17. The van der Waals surface area contributed by atoms with Gasteiger partial charge in [0.2, 0.25) is 0 Å². The molecule has 0 spiro atoms. The van der Waals surface area contributed by atoms with Gasteiger partial charge >= 0.3 is 0 Å². The topological polar surface area (TPSA) is 62.3 Å². The normalized spacial score (nSPS) is 20.4. The Kier molecular flexibility index (Phi) is 3.33. The van der Waals surface area contributed by atoms with Gasteiger partial charge in [0.15, 0.2) is 0 Å². The SMILES string of the molecule is Cc1ccc(C(=N)N)c(N2CCOC(C)C2)c1. The van der Waals surface area contributed by atoms with E-state index in [-0.39, 0.29) is 11.9 Å². The van der Waals surface area contributed by atoms with E-state index in [0.29, 0.717) is 0 Å². The summed E-state index contributed by atoms with van der Waals surface area (Å²) >= 11 is 0. The first-order valence-corrected chi connectivity index (χ1v) is 5.89. The lowest BCUT2D eigenvalue weighted by Crippen LogP contribution is -2.42. The van der Waals surface area contributed by atoms with Gasteiger partial charge in [-0.15, -0.1) is 0 Å². The molecule has 3 N–H and O–H groups in total. The van der Waals surface area contributed by atoms with Crippen LogP contribution in [-0.2, 0) is 4.74 Å². The second kappa shape index (κ2) is 4.75. The number of anilines is 1. The summed E-state index contributed by atoms with van der Waals surface area (Å²) in [5.41, 5.74) is 8.67. The molecule has 1 aliphatic rings. The van der Waals surface area contributed by atoms with Gasteiger partial charge in [0.1, 0.15) is 5.84 Å². The Balaban J connectivity index is 2.35. The lowest BCUT2D eigenvalue weighted by atomic mass is 10.1. The van der Waals surface area contributed by atoms with Crippen molar-refractivity contribution in [3.8, 4) is 0 Å². The number of nitrogen functional groups attached to an aromatic ring is 1. The number of nitrogens with two attached hydrogens (primary N) is 1. The number of nitrogens with one attached hydrogen (secondary N) is 1. The van der Waals surface area contributed by atoms with Crippen LogP contribution in [0.2, 0.25) is 0 Å². The quantitative estimate of drug-likeness (QED) is 0.601. The lowest BCUT2D eigenvalue weighted by Gasteiger charge is -2.34. The standard InChI is InChI=1S/C13H19N3O/c1-9-3-4-11(13(14)15)12(7-9)16-5-6-17-10(2)8-16/h3-4,7,10H,5-6,8H2,1-2H3,(H3,14,15). The molecule has 2 rings (SSSR count). The molecule has 0 aliphatic carbocycles. The van der Waals surface area contributed by atoms with E-state index in [9.17, 15) is 0 Å². The van der Waals surface area contributed by atoms with Crippen LogP contribution in [-0.4, -0.2) is 31.6 Å². The highest BCUT2D eigenvalue weighted by Crippen LogP contribution is 2.24. The summed E-state index contributed by atoms with van der Waals surface area (Å²) in [6.45, 7) is 6.55. The van der Waals surface area contributed by atoms with Crippen LogP contribution in [0.15, 0.2) is 18.2 Å². The third-order valence-corrected chi connectivity index (χ3v) is 3.03. The zero-order valence-electron chi connectivity index (χ0n) is 10.4. The smallest absolute Gasteiger partial charge is 0.124 e. The average Bonchev–Trinajstić information content (AvgIpc) is 2.28. The molecular weight excluding hydrogens is 214 g/mol. The van der Waals surface area contributed by atoms with Crippen molar-refractivity contribution in [1.82, 2.24) is 0 Å². The molecule has 4 nitrogen and oxygen atoms in total. The molecule has 0 bridgehead atoms. The monoisotopic (exact) mass is 233 g/mol. The van der Waals surface area contributed by atoms with Crippen LogP contribution >= 0.6 is 0 Å². The summed E-state index contributed by atoms with van der Waals surface area (Å²) in [6, 6.07) is 6.01. The summed E-state index contributed by atoms with van der Waals surface area (Å²) in [4.78, 5) is 2.25. The van der Waals surface area contributed by atoms with Crippen molar-refractivity contribution in [2.24, 2.45) is 5.73 Å². The number of aryl methyl sites for hydroxylation is 1. The van der Waals surface area contributed by atoms with E-state index in [2.05, 4.69) is 24.8 Å². The number of hydrogen-bond acceptors (Lipinski definition) is 3. The minimum Gasteiger partial charge on any atom is -0.384 e. The molecule has 1 aromatic rings. The molecule has 1 unspecified atom stereocenters. The summed E-state index contributed by atoms with van der Waals surface area (Å²) in [7, 11) is 0. The van der Waals surface area contributed by atoms with Gasteiger partial charge in [-0.2, -0.15) is 0 Å². The van der Waals surface area contributed by atoms with Crippen LogP contribution in [0.3, 0.4) is 0 Å². The molecule has 0 radical (unpaired) electrons. The molecule has 1 atom stereocenters. The van der Waals surface area contributed by atoms with Crippen molar-refractivity contribution in [3.05, 3.63) is 29.3 Å². The van der Waals surface area contributed by atoms with Gasteiger partial charge in [0.05, 0.1) is 12.7 Å². The largest absolute Gasteiger partial charge is 0.384 e. The molecule has 4 heteroatoms. The van der Waals surface area contributed by atoms with E-state index in [1.54, 1.807) is 0 Å². The van der Waals surface area contributed by atoms with Gasteiger partial charge in [0.25, 0.3) is 0 Å². The van der Waals surface area contributed by atoms with E-state index in [1.807, 2.05) is 12.1 Å².